The number of halogens is 2. The molecule has 19 heavy (non-hydrogen) atoms. The Morgan fingerprint density at radius 1 is 1.16 bits per heavy atom. The van der Waals surface area contributed by atoms with Crippen LogP contribution in [0.1, 0.15) is 11.1 Å². The molecule has 1 aromatic heterocycles. The number of nitrogens with zero attached hydrogens (tertiary/aromatic N) is 2. The van der Waals surface area contributed by atoms with Crippen molar-refractivity contribution in [2.24, 2.45) is 0 Å². The molecule has 2 rings (SSSR count). The summed E-state index contributed by atoms with van der Waals surface area (Å²) in [5.41, 5.74) is 1.59. The number of aromatic nitrogens is 1. The standard InChI is InChI=1S/C14H11Cl2N3/c15-12-3-1-10(2-4-12)5-7-18-14-13(16)11(9-17)6-8-19-14/h1-4,6,8H,5,7H2,(H,18,19). The third-order valence-electron chi connectivity index (χ3n) is 2.63. The second-order valence-electron chi connectivity index (χ2n) is 3.94. The van der Waals surface area contributed by atoms with E-state index in [0.29, 0.717) is 22.9 Å². The summed E-state index contributed by atoms with van der Waals surface area (Å²) in [6, 6.07) is 11.3. The molecular weight excluding hydrogens is 281 g/mol. The van der Waals surface area contributed by atoms with E-state index in [2.05, 4.69) is 10.3 Å². The number of nitriles is 1. The Labute approximate surface area is 121 Å². The zero-order valence-corrected chi connectivity index (χ0v) is 11.5. The molecule has 3 nitrogen and oxygen atoms in total. The Morgan fingerprint density at radius 2 is 1.89 bits per heavy atom. The molecule has 0 spiro atoms. The first kappa shape index (κ1) is 13.7. The summed E-state index contributed by atoms with van der Waals surface area (Å²) in [6.07, 6.45) is 2.39. The molecule has 1 heterocycles. The fraction of sp³-hybridized carbons (Fsp3) is 0.143. The second kappa shape index (κ2) is 6.42. The van der Waals surface area contributed by atoms with Gasteiger partial charge in [-0.2, -0.15) is 5.26 Å². The Morgan fingerprint density at radius 3 is 2.58 bits per heavy atom. The molecule has 0 radical (unpaired) electrons. The van der Waals surface area contributed by atoms with E-state index in [1.165, 1.54) is 5.56 Å². The minimum absolute atomic E-state index is 0.362. The van der Waals surface area contributed by atoms with Crippen LogP contribution in [0, 0.1) is 11.3 Å². The first-order chi connectivity index (χ1) is 9.20. The van der Waals surface area contributed by atoms with Crippen molar-refractivity contribution >= 4 is 29.0 Å². The van der Waals surface area contributed by atoms with Crippen molar-refractivity contribution in [2.45, 2.75) is 6.42 Å². The molecule has 0 atom stereocenters. The molecule has 0 aliphatic heterocycles. The van der Waals surface area contributed by atoms with Crippen LogP contribution in [0.4, 0.5) is 5.82 Å². The Balaban J connectivity index is 1.96. The summed E-state index contributed by atoms with van der Waals surface area (Å²) in [5, 5.41) is 13.1. The van der Waals surface area contributed by atoms with Crippen LogP contribution in [0.2, 0.25) is 10.0 Å². The Bertz CT molecular complexity index is 603. The molecule has 0 saturated heterocycles. The third kappa shape index (κ3) is 3.60. The maximum Gasteiger partial charge on any atom is 0.146 e. The van der Waals surface area contributed by atoms with E-state index in [1.54, 1.807) is 12.3 Å². The number of nitrogens with one attached hydrogen (secondary N) is 1. The predicted molar refractivity (Wildman–Crippen MR) is 77.6 cm³/mol. The monoisotopic (exact) mass is 291 g/mol. The van der Waals surface area contributed by atoms with Crippen LogP contribution in [0.15, 0.2) is 36.5 Å². The van der Waals surface area contributed by atoms with E-state index in [1.807, 2.05) is 30.3 Å². The van der Waals surface area contributed by atoms with Crippen molar-refractivity contribution < 1.29 is 0 Å². The molecule has 0 saturated carbocycles. The fourth-order valence-corrected chi connectivity index (χ4v) is 1.98. The van der Waals surface area contributed by atoms with Crippen LogP contribution in [0.3, 0.4) is 0 Å². The summed E-state index contributed by atoms with van der Waals surface area (Å²) in [6.45, 7) is 0.684. The molecule has 0 bridgehead atoms. The zero-order valence-electron chi connectivity index (χ0n) is 10.0. The average Bonchev–Trinajstić information content (AvgIpc) is 2.43. The van der Waals surface area contributed by atoms with E-state index >= 15 is 0 Å². The lowest BCUT2D eigenvalue weighted by Crippen LogP contribution is -2.07. The van der Waals surface area contributed by atoms with E-state index in [9.17, 15) is 0 Å². The molecule has 1 N–H and O–H groups in total. The van der Waals surface area contributed by atoms with Crippen molar-refractivity contribution in [1.29, 1.82) is 5.26 Å². The molecule has 0 aliphatic carbocycles. The normalized spacial score (nSPS) is 9.95. The molecule has 5 heteroatoms. The van der Waals surface area contributed by atoms with E-state index in [-0.39, 0.29) is 0 Å². The number of hydrogen-bond donors (Lipinski definition) is 1. The van der Waals surface area contributed by atoms with Gasteiger partial charge in [0.05, 0.1) is 5.56 Å². The lowest BCUT2D eigenvalue weighted by atomic mass is 10.1. The van der Waals surface area contributed by atoms with Gasteiger partial charge in [-0.3, -0.25) is 0 Å². The lowest BCUT2D eigenvalue weighted by molar-refractivity contribution is 1.01. The number of pyridine rings is 1. The first-order valence-corrected chi connectivity index (χ1v) is 6.49. The van der Waals surface area contributed by atoms with Gasteiger partial charge in [-0.1, -0.05) is 35.3 Å². The van der Waals surface area contributed by atoms with Crippen LogP contribution < -0.4 is 5.32 Å². The van der Waals surface area contributed by atoms with Crippen molar-refractivity contribution in [1.82, 2.24) is 4.98 Å². The molecule has 0 unspecified atom stereocenters. The van der Waals surface area contributed by atoms with Crippen molar-refractivity contribution in [3.05, 3.63) is 57.7 Å². The predicted octanol–water partition coefficient (Wildman–Crippen LogP) is 3.91. The smallest absolute Gasteiger partial charge is 0.146 e. The van der Waals surface area contributed by atoms with E-state index in [0.717, 1.165) is 11.4 Å². The number of hydrogen-bond acceptors (Lipinski definition) is 3. The van der Waals surface area contributed by atoms with Gasteiger partial charge in [0.15, 0.2) is 0 Å². The minimum Gasteiger partial charge on any atom is -0.368 e. The van der Waals surface area contributed by atoms with Gasteiger partial charge in [-0.25, -0.2) is 4.98 Å². The van der Waals surface area contributed by atoms with Crippen LogP contribution in [-0.4, -0.2) is 11.5 Å². The van der Waals surface area contributed by atoms with Crippen LogP contribution >= 0.6 is 23.2 Å². The van der Waals surface area contributed by atoms with Crippen LogP contribution in [0.25, 0.3) is 0 Å². The topological polar surface area (TPSA) is 48.7 Å². The lowest BCUT2D eigenvalue weighted by Gasteiger charge is -2.08. The highest BCUT2D eigenvalue weighted by molar-refractivity contribution is 6.34. The SMILES string of the molecule is N#Cc1ccnc(NCCc2ccc(Cl)cc2)c1Cl. The van der Waals surface area contributed by atoms with E-state index < -0.39 is 0 Å². The quantitative estimate of drug-likeness (QED) is 0.929. The highest BCUT2D eigenvalue weighted by atomic mass is 35.5. The van der Waals surface area contributed by atoms with Crippen molar-refractivity contribution in [3.63, 3.8) is 0 Å². The van der Waals surface area contributed by atoms with Gasteiger partial charge in [-0.15, -0.1) is 0 Å². The number of benzene rings is 1. The van der Waals surface area contributed by atoms with Gasteiger partial charge >= 0.3 is 0 Å². The van der Waals surface area contributed by atoms with Crippen LogP contribution in [0.5, 0.6) is 0 Å². The van der Waals surface area contributed by atoms with Gasteiger partial charge in [-0.05, 0) is 30.2 Å². The summed E-state index contributed by atoms with van der Waals surface area (Å²) in [4.78, 5) is 4.12. The van der Waals surface area contributed by atoms with Gasteiger partial charge in [0.2, 0.25) is 0 Å². The van der Waals surface area contributed by atoms with Crippen molar-refractivity contribution in [3.8, 4) is 6.07 Å². The summed E-state index contributed by atoms with van der Waals surface area (Å²) < 4.78 is 0. The molecular formula is C14H11Cl2N3. The molecule has 0 fully saturated rings. The van der Waals surface area contributed by atoms with Gasteiger partial charge in [0.25, 0.3) is 0 Å². The third-order valence-corrected chi connectivity index (χ3v) is 3.26. The Kier molecular flexibility index (Phi) is 4.62. The van der Waals surface area contributed by atoms with Gasteiger partial charge in [0.1, 0.15) is 16.9 Å². The molecule has 96 valence electrons. The second-order valence-corrected chi connectivity index (χ2v) is 4.75. The minimum atomic E-state index is 0.362. The van der Waals surface area contributed by atoms with E-state index in [4.69, 9.17) is 28.5 Å². The molecule has 2 aromatic rings. The summed E-state index contributed by atoms with van der Waals surface area (Å²) >= 11 is 11.9. The summed E-state index contributed by atoms with van der Waals surface area (Å²) in [5.74, 6) is 0.537. The molecule has 1 aromatic carbocycles. The highest BCUT2D eigenvalue weighted by Gasteiger charge is 2.06. The average molecular weight is 292 g/mol. The summed E-state index contributed by atoms with van der Waals surface area (Å²) in [7, 11) is 0. The maximum absolute atomic E-state index is 8.87. The first-order valence-electron chi connectivity index (χ1n) is 5.73. The Hall–Kier alpha value is -1.76. The number of rotatable bonds is 4. The zero-order chi connectivity index (χ0) is 13.7. The highest BCUT2D eigenvalue weighted by Crippen LogP contribution is 2.22. The molecule has 0 aliphatic rings. The van der Waals surface area contributed by atoms with Crippen molar-refractivity contribution in [2.75, 3.05) is 11.9 Å². The largest absolute Gasteiger partial charge is 0.368 e. The maximum atomic E-state index is 8.87. The number of anilines is 1. The molecule has 0 amide bonds. The van der Waals surface area contributed by atoms with Gasteiger partial charge < -0.3 is 5.32 Å². The fourth-order valence-electron chi connectivity index (χ4n) is 1.63. The van der Waals surface area contributed by atoms with Gasteiger partial charge in [0, 0.05) is 17.8 Å². The van der Waals surface area contributed by atoms with Crippen LogP contribution in [-0.2, 0) is 6.42 Å².